The number of allylic oxidation sites excluding steroid dienone is 1. The minimum absolute atomic E-state index is 0.0572. The van der Waals surface area contributed by atoms with Gasteiger partial charge in [-0.2, -0.15) is 18.4 Å². The van der Waals surface area contributed by atoms with Crippen molar-refractivity contribution in [3.8, 4) is 34.7 Å². The van der Waals surface area contributed by atoms with E-state index >= 15 is 0 Å². The highest BCUT2D eigenvalue weighted by Gasteiger charge is 2.37. The molecule has 4 rings (SSSR count). The third kappa shape index (κ3) is 3.47. The fourth-order valence-corrected chi connectivity index (χ4v) is 3.66. The van der Waals surface area contributed by atoms with Crippen LogP contribution in [0.5, 0.6) is 17.4 Å². The number of halogens is 3. The second-order valence-electron chi connectivity index (χ2n) is 6.93. The lowest BCUT2D eigenvalue weighted by Gasteiger charge is -2.24. The number of H-pyrrole nitrogens is 1. The third-order valence-electron chi connectivity index (χ3n) is 5.19. The number of alkyl halides is 3. The van der Waals surface area contributed by atoms with E-state index in [9.17, 15) is 18.4 Å². The van der Waals surface area contributed by atoms with Crippen molar-refractivity contribution in [2.24, 2.45) is 5.73 Å². The summed E-state index contributed by atoms with van der Waals surface area (Å²) in [5.74, 6) is 0.175. The van der Waals surface area contributed by atoms with Crippen LogP contribution in [0.4, 0.5) is 13.2 Å². The zero-order valence-corrected chi connectivity index (χ0v) is 16.9. The highest BCUT2D eigenvalue weighted by atomic mass is 19.4. The molecule has 10 heteroatoms. The van der Waals surface area contributed by atoms with Crippen LogP contribution >= 0.6 is 0 Å². The molecular weight excluding hydrogens is 425 g/mol. The van der Waals surface area contributed by atoms with Crippen molar-refractivity contribution >= 4 is 0 Å². The number of ether oxygens (including phenoxy) is 3. The summed E-state index contributed by atoms with van der Waals surface area (Å²) >= 11 is 0. The molecule has 1 atom stereocenters. The molecule has 164 valence electrons. The Morgan fingerprint density at radius 2 is 1.84 bits per heavy atom. The van der Waals surface area contributed by atoms with Crippen molar-refractivity contribution in [1.29, 1.82) is 5.26 Å². The summed E-state index contributed by atoms with van der Waals surface area (Å²) in [6, 6.07) is 11.7. The lowest BCUT2D eigenvalue weighted by atomic mass is 9.82. The van der Waals surface area contributed by atoms with E-state index in [4.69, 9.17) is 19.9 Å². The van der Waals surface area contributed by atoms with Gasteiger partial charge in [0.2, 0.25) is 11.8 Å². The molecule has 0 saturated carbocycles. The fourth-order valence-electron chi connectivity index (χ4n) is 3.66. The normalized spacial score (nSPS) is 15.6. The molecular formula is C22H17F3N4O3. The van der Waals surface area contributed by atoms with Crippen molar-refractivity contribution in [2.45, 2.75) is 12.1 Å². The Morgan fingerprint density at radius 1 is 1.12 bits per heavy atom. The maximum absolute atomic E-state index is 13.1. The summed E-state index contributed by atoms with van der Waals surface area (Å²) in [7, 11) is 3.01. The number of aromatic nitrogens is 2. The monoisotopic (exact) mass is 442 g/mol. The Morgan fingerprint density at radius 3 is 2.44 bits per heavy atom. The number of nitrogens with two attached hydrogens (primary N) is 1. The van der Waals surface area contributed by atoms with Gasteiger partial charge in [0.05, 0.1) is 37.0 Å². The van der Waals surface area contributed by atoms with Crippen molar-refractivity contribution in [3.63, 3.8) is 0 Å². The van der Waals surface area contributed by atoms with Crippen molar-refractivity contribution in [1.82, 2.24) is 10.2 Å². The summed E-state index contributed by atoms with van der Waals surface area (Å²) in [5.41, 5.74) is 7.09. The molecule has 1 aliphatic heterocycles. The van der Waals surface area contributed by atoms with E-state index in [2.05, 4.69) is 10.2 Å². The molecule has 7 nitrogen and oxygen atoms in total. The number of rotatable bonds is 4. The van der Waals surface area contributed by atoms with Crippen LogP contribution in [0.2, 0.25) is 0 Å². The number of nitrogens with one attached hydrogen (secondary N) is 1. The number of hydrogen-bond acceptors (Lipinski definition) is 6. The molecule has 0 saturated heterocycles. The van der Waals surface area contributed by atoms with Gasteiger partial charge in [0.25, 0.3) is 0 Å². The first-order valence-electron chi connectivity index (χ1n) is 9.33. The maximum Gasteiger partial charge on any atom is 0.416 e. The first-order chi connectivity index (χ1) is 15.3. The minimum atomic E-state index is -4.49. The molecule has 0 bridgehead atoms. The second-order valence-corrected chi connectivity index (χ2v) is 6.93. The average molecular weight is 442 g/mol. The van der Waals surface area contributed by atoms with Gasteiger partial charge in [-0.25, -0.2) is 0 Å². The first kappa shape index (κ1) is 21.1. The number of methoxy groups -OCH3 is 2. The third-order valence-corrected chi connectivity index (χ3v) is 5.19. The Bertz CT molecular complexity index is 1240. The van der Waals surface area contributed by atoms with Gasteiger partial charge in [0.15, 0.2) is 0 Å². The molecule has 0 fully saturated rings. The molecule has 2 heterocycles. The van der Waals surface area contributed by atoms with E-state index in [-0.39, 0.29) is 17.3 Å². The molecule has 0 spiro atoms. The van der Waals surface area contributed by atoms with E-state index in [1.807, 2.05) is 6.07 Å². The topological polar surface area (TPSA) is 106 Å². The summed E-state index contributed by atoms with van der Waals surface area (Å²) in [6.07, 6.45) is -4.49. The lowest BCUT2D eigenvalue weighted by molar-refractivity contribution is -0.137. The van der Waals surface area contributed by atoms with Crippen molar-refractivity contribution < 1.29 is 27.4 Å². The van der Waals surface area contributed by atoms with Gasteiger partial charge in [0.1, 0.15) is 23.1 Å². The van der Waals surface area contributed by atoms with Crippen LogP contribution in [0.15, 0.2) is 53.9 Å². The molecule has 0 radical (unpaired) electrons. The van der Waals surface area contributed by atoms with Gasteiger partial charge in [-0.05, 0) is 35.9 Å². The largest absolute Gasteiger partial charge is 0.497 e. The van der Waals surface area contributed by atoms with E-state index in [1.54, 1.807) is 18.2 Å². The minimum Gasteiger partial charge on any atom is -0.497 e. The van der Waals surface area contributed by atoms with Crippen molar-refractivity contribution in [3.05, 3.63) is 70.6 Å². The molecule has 0 unspecified atom stereocenters. The number of hydrogen-bond donors (Lipinski definition) is 2. The predicted octanol–water partition coefficient (Wildman–Crippen LogP) is 4.33. The number of benzene rings is 2. The lowest BCUT2D eigenvalue weighted by Crippen LogP contribution is -2.21. The van der Waals surface area contributed by atoms with Crippen molar-refractivity contribution in [2.75, 3.05) is 14.2 Å². The van der Waals surface area contributed by atoms with Gasteiger partial charge in [-0.1, -0.05) is 12.1 Å². The van der Waals surface area contributed by atoms with Crippen LogP contribution in [0.1, 0.15) is 22.6 Å². The van der Waals surface area contributed by atoms with Crippen LogP contribution in [0.3, 0.4) is 0 Å². The standard InChI is InChI=1S/C22H17F3N4O3/c1-30-13-7-8-16(31-2)14(9-13)19-18-17(11-3-5-12(6-4-11)22(23,24)25)15(10-26)20(27)32-21(18)29-28-19/h3-9,17H,27H2,1-2H3,(H,28,29)/t17-/m1/s1. The first-order valence-corrected chi connectivity index (χ1v) is 9.33. The van der Waals surface area contributed by atoms with E-state index in [1.165, 1.54) is 26.4 Å². The Hall–Kier alpha value is -4.13. The summed E-state index contributed by atoms with van der Waals surface area (Å²) in [4.78, 5) is 0. The second kappa shape index (κ2) is 7.85. The van der Waals surface area contributed by atoms with Crippen LogP contribution in [-0.4, -0.2) is 24.4 Å². The average Bonchev–Trinajstić information content (AvgIpc) is 3.20. The molecule has 2 aromatic carbocycles. The number of nitrogens with zero attached hydrogens (tertiary/aromatic N) is 2. The maximum atomic E-state index is 13.1. The predicted molar refractivity (Wildman–Crippen MR) is 108 cm³/mol. The number of nitriles is 1. The molecule has 0 aliphatic carbocycles. The zero-order chi connectivity index (χ0) is 23.0. The Balaban J connectivity index is 1.93. The Labute approximate surface area is 180 Å². The van der Waals surface area contributed by atoms with Gasteiger partial charge < -0.3 is 19.9 Å². The fraction of sp³-hybridized carbons (Fsp3) is 0.182. The molecule has 32 heavy (non-hydrogen) atoms. The summed E-state index contributed by atoms with van der Waals surface area (Å²) in [5, 5.41) is 16.8. The zero-order valence-electron chi connectivity index (χ0n) is 16.9. The summed E-state index contributed by atoms with van der Waals surface area (Å²) in [6.45, 7) is 0. The quantitative estimate of drug-likeness (QED) is 0.623. The van der Waals surface area contributed by atoms with Crippen LogP contribution in [-0.2, 0) is 6.18 Å². The highest BCUT2D eigenvalue weighted by molar-refractivity contribution is 5.76. The van der Waals surface area contributed by atoms with Gasteiger partial charge >= 0.3 is 6.18 Å². The van der Waals surface area contributed by atoms with Crippen LogP contribution < -0.4 is 19.9 Å². The van der Waals surface area contributed by atoms with Gasteiger partial charge in [0, 0.05) is 5.56 Å². The molecule has 0 amide bonds. The SMILES string of the molecule is COc1ccc(OC)c(-c2[nH]nc3c2[C@H](c2ccc(C(F)(F)F)cc2)C(C#N)=C(N)O3)c1. The van der Waals surface area contributed by atoms with E-state index in [0.717, 1.165) is 12.1 Å². The molecule has 1 aromatic heterocycles. The van der Waals surface area contributed by atoms with Gasteiger partial charge in [-0.15, -0.1) is 5.10 Å². The van der Waals surface area contributed by atoms with Gasteiger partial charge in [-0.3, -0.25) is 5.10 Å². The molecule has 3 aromatic rings. The number of fused-ring (bicyclic) bond motifs is 1. The molecule has 3 N–H and O–H groups in total. The highest BCUT2D eigenvalue weighted by Crippen LogP contribution is 2.48. The Kier molecular flexibility index (Phi) is 5.18. The number of aromatic amines is 1. The van der Waals surface area contributed by atoms with Crippen LogP contribution in [0, 0.1) is 11.3 Å². The van der Waals surface area contributed by atoms with E-state index in [0.29, 0.717) is 33.9 Å². The summed E-state index contributed by atoms with van der Waals surface area (Å²) < 4.78 is 55.5. The van der Waals surface area contributed by atoms with Crippen LogP contribution in [0.25, 0.3) is 11.3 Å². The van der Waals surface area contributed by atoms with E-state index < -0.39 is 17.7 Å². The molecule has 1 aliphatic rings. The smallest absolute Gasteiger partial charge is 0.416 e.